The summed E-state index contributed by atoms with van der Waals surface area (Å²) in [5.41, 5.74) is 1.20. The Kier molecular flexibility index (Phi) is 8.60. The van der Waals surface area contributed by atoms with E-state index in [-0.39, 0.29) is 6.10 Å². The summed E-state index contributed by atoms with van der Waals surface area (Å²) < 4.78 is 17.6. The standard InChI is InChI=1S/C17H22O3S2/c1-18-10-11-19-14-20-16(15-6-3-2-4-7-15)9-13-22-17-8-5-12-21-17/h2-8,12,16H,9-11,13-14H2,1H3. The number of rotatable bonds is 11. The summed E-state index contributed by atoms with van der Waals surface area (Å²) in [7, 11) is 1.67. The first-order chi connectivity index (χ1) is 10.9. The second-order valence-electron chi connectivity index (χ2n) is 4.65. The van der Waals surface area contributed by atoms with Crippen molar-refractivity contribution in [3.8, 4) is 0 Å². The summed E-state index contributed by atoms with van der Waals surface area (Å²) in [4.78, 5) is 0. The summed E-state index contributed by atoms with van der Waals surface area (Å²) in [6.45, 7) is 1.45. The molecule has 2 aromatic rings. The molecule has 2 rings (SSSR count). The zero-order chi connectivity index (χ0) is 15.5. The highest BCUT2D eigenvalue weighted by molar-refractivity contribution is 8.01. The second-order valence-corrected chi connectivity index (χ2v) is 7.00. The molecule has 0 saturated heterocycles. The van der Waals surface area contributed by atoms with E-state index in [2.05, 4.69) is 29.6 Å². The number of hydrogen-bond donors (Lipinski definition) is 0. The zero-order valence-electron chi connectivity index (χ0n) is 12.8. The Labute approximate surface area is 140 Å². The van der Waals surface area contributed by atoms with Gasteiger partial charge in [0.15, 0.2) is 0 Å². The predicted octanol–water partition coefficient (Wildman–Crippen LogP) is 4.61. The van der Waals surface area contributed by atoms with Crippen LogP contribution in [0.2, 0.25) is 0 Å². The van der Waals surface area contributed by atoms with Gasteiger partial charge in [0.25, 0.3) is 0 Å². The molecule has 0 bridgehead atoms. The highest BCUT2D eigenvalue weighted by Gasteiger charge is 2.12. The maximum atomic E-state index is 5.91. The minimum atomic E-state index is 0.0659. The van der Waals surface area contributed by atoms with Gasteiger partial charge in [0.1, 0.15) is 6.79 Å². The van der Waals surface area contributed by atoms with Crippen molar-refractivity contribution >= 4 is 23.1 Å². The van der Waals surface area contributed by atoms with Crippen LogP contribution in [-0.4, -0.2) is 32.9 Å². The van der Waals surface area contributed by atoms with Crippen LogP contribution >= 0.6 is 23.1 Å². The number of thioether (sulfide) groups is 1. The smallest absolute Gasteiger partial charge is 0.147 e. The van der Waals surface area contributed by atoms with Crippen LogP contribution < -0.4 is 0 Å². The maximum absolute atomic E-state index is 5.91. The van der Waals surface area contributed by atoms with E-state index in [0.717, 1.165) is 12.2 Å². The Hall–Kier alpha value is -0.850. The lowest BCUT2D eigenvalue weighted by molar-refractivity contribution is -0.0995. The van der Waals surface area contributed by atoms with Gasteiger partial charge in [-0.15, -0.1) is 23.1 Å². The molecule has 22 heavy (non-hydrogen) atoms. The number of benzene rings is 1. The van der Waals surface area contributed by atoms with E-state index in [1.807, 2.05) is 30.0 Å². The third-order valence-electron chi connectivity index (χ3n) is 3.08. The van der Waals surface area contributed by atoms with E-state index < -0.39 is 0 Å². The number of methoxy groups -OCH3 is 1. The lowest BCUT2D eigenvalue weighted by Gasteiger charge is -2.18. The molecule has 0 aliphatic rings. The van der Waals surface area contributed by atoms with Crippen molar-refractivity contribution in [1.82, 2.24) is 0 Å². The molecule has 0 aliphatic carbocycles. The third-order valence-corrected chi connectivity index (χ3v) is 5.24. The Morgan fingerprint density at radius 2 is 1.95 bits per heavy atom. The Morgan fingerprint density at radius 1 is 1.09 bits per heavy atom. The second kappa shape index (κ2) is 10.8. The minimum Gasteiger partial charge on any atom is -0.382 e. The molecule has 1 aromatic heterocycles. The van der Waals surface area contributed by atoms with Crippen LogP contribution in [0.1, 0.15) is 18.1 Å². The molecular formula is C17H22O3S2. The van der Waals surface area contributed by atoms with Gasteiger partial charge in [0, 0.05) is 12.9 Å². The number of thiophene rings is 1. The first-order valence-corrected chi connectivity index (χ1v) is 9.16. The Morgan fingerprint density at radius 3 is 2.68 bits per heavy atom. The van der Waals surface area contributed by atoms with E-state index in [1.54, 1.807) is 18.4 Å². The van der Waals surface area contributed by atoms with E-state index in [4.69, 9.17) is 14.2 Å². The Bertz CT molecular complexity index is 488. The molecular weight excluding hydrogens is 316 g/mol. The topological polar surface area (TPSA) is 27.7 Å². The molecule has 1 aromatic carbocycles. The van der Waals surface area contributed by atoms with Gasteiger partial charge >= 0.3 is 0 Å². The third kappa shape index (κ3) is 6.50. The van der Waals surface area contributed by atoms with E-state index >= 15 is 0 Å². The van der Waals surface area contributed by atoms with Gasteiger partial charge in [0.05, 0.1) is 23.5 Å². The highest BCUT2D eigenvalue weighted by Crippen LogP contribution is 2.28. The zero-order valence-corrected chi connectivity index (χ0v) is 14.4. The average Bonchev–Trinajstić information content (AvgIpc) is 3.07. The number of ether oxygens (including phenoxy) is 3. The molecule has 1 atom stereocenters. The Balaban J connectivity index is 1.79. The van der Waals surface area contributed by atoms with Crippen LogP contribution in [-0.2, 0) is 14.2 Å². The van der Waals surface area contributed by atoms with E-state index in [9.17, 15) is 0 Å². The quantitative estimate of drug-likeness (QED) is 0.340. The van der Waals surface area contributed by atoms with Crippen LogP contribution in [0.5, 0.6) is 0 Å². The SMILES string of the molecule is COCCOCOC(CCSc1cccs1)c1ccccc1. The maximum Gasteiger partial charge on any atom is 0.147 e. The molecule has 0 N–H and O–H groups in total. The molecule has 0 fully saturated rings. The van der Waals surface area contributed by atoms with Crippen LogP contribution in [0, 0.1) is 0 Å². The van der Waals surface area contributed by atoms with Gasteiger partial charge in [-0.1, -0.05) is 36.4 Å². The fraction of sp³-hybridized carbons (Fsp3) is 0.412. The summed E-state index contributed by atoms with van der Waals surface area (Å²) in [6.07, 6.45) is 1.02. The van der Waals surface area contributed by atoms with Crippen molar-refractivity contribution < 1.29 is 14.2 Å². The lowest BCUT2D eigenvalue weighted by atomic mass is 10.1. The summed E-state index contributed by atoms with van der Waals surface area (Å²) in [6, 6.07) is 14.6. The van der Waals surface area contributed by atoms with E-state index in [1.165, 1.54) is 9.77 Å². The van der Waals surface area contributed by atoms with E-state index in [0.29, 0.717) is 20.0 Å². The largest absolute Gasteiger partial charge is 0.382 e. The van der Waals surface area contributed by atoms with Crippen molar-refractivity contribution in [1.29, 1.82) is 0 Å². The van der Waals surface area contributed by atoms with Crippen molar-refractivity contribution in [2.75, 3.05) is 32.9 Å². The van der Waals surface area contributed by atoms with Crippen LogP contribution in [0.25, 0.3) is 0 Å². The van der Waals surface area contributed by atoms with Crippen molar-refractivity contribution in [2.24, 2.45) is 0 Å². The van der Waals surface area contributed by atoms with Crippen LogP contribution in [0.3, 0.4) is 0 Å². The normalized spacial score (nSPS) is 12.4. The molecule has 0 radical (unpaired) electrons. The van der Waals surface area contributed by atoms with Crippen molar-refractivity contribution in [3.63, 3.8) is 0 Å². The molecule has 0 amide bonds. The molecule has 0 aliphatic heterocycles. The fourth-order valence-electron chi connectivity index (χ4n) is 1.96. The van der Waals surface area contributed by atoms with Crippen LogP contribution in [0.15, 0.2) is 52.1 Å². The van der Waals surface area contributed by atoms with Crippen molar-refractivity contribution in [2.45, 2.75) is 16.7 Å². The molecule has 0 spiro atoms. The van der Waals surface area contributed by atoms with Crippen LogP contribution in [0.4, 0.5) is 0 Å². The van der Waals surface area contributed by atoms with Gasteiger partial charge in [-0.2, -0.15) is 0 Å². The van der Waals surface area contributed by atoms with Gasteiger partial charge in [-0.25, -0.2) is 0 Å². The molecule has 120 valence electrons. The molecule has 1 heterocycles. The van der Waals surface area contributed by atoms with Gasteiger partial charge in [-0.05, 0) is 23.4 Å². The summed E-state index contributed by atoms with van der Waals surface area (Å²) in [5.74, 6) is 1.03. The molecule has 3 nitrogen and oxygen atoms in total. The molecule has 1 unspecified atom stereocenters. The minimum absolute atomic E-state index is 0.0659. The molecule has 0 saturated carbocycles. The first-order valence-electron chi connectivity index (χ1n) is 7.29. The number of hydrogen-bond acceptors (Lipinski definition) is 5. The van der Waals surface area contributed by atoms with Gasteiger partial charge in [-0.3, -0.25) is 0 Å². The first kappa shape index (κ1) is 17.5. The fourth-order valence-corrected chi connectivity index (χ4v) is 3.80. The monoisotopic (exact) mass is 338 g/mol. The summed E-state index contributed by atoms with van der Waals surface area (Å²) in [5, 5.41) is 2.11. The molecule has 5 heteroatoms. The van der Waals surface area contributed by atoms with Gasteiger partial charge in [0.2, 0.25) is 0 Å². The average molecular weight is 338 g/mol. The highest BCUT2D eigenvalue weighted by atomic mass is 32.2. The van der Waals surface area contributed by atoms with Crippen molar-refractivity contribution in [3.05, 3.63) is 53.4 Å². The lowest BCUT2D eigenvalue weighted by Crippen LogP contribution is -2.11. The summed E-state index contributed by atoms with van der Waals surface area (Å²) >= 11 is 3.66. The van der Waals surface area contributed by atoms with Gasteiger partial charge < -0.3 is 14.2 Å². The predicted molar refractivity (Wildman–Crippen MR) is 92.6 cm³/mol.